The summed E-state index contributed by atoms with van der Waals surface area (Å²) in [6, 6.07) is 4.41. The van der Waals surface area contributed by atoms with Gasteiger partial charge >= 0.3 is 5.51 Å². The Kier molecular flexibility index (Phi) is 7.67. The van der Waals surface area contributed by atoms with Gasteiger partial charge in [-0.25, -0.2) is 9.97 Å². The minimum Gasteiger partial charge on any atom is -0.331 e. The van der Waals surface area contributed by atoms with E-state index < -0.39 is 5.51 Å². The zero-order valence-electron chi connectivity index (χ0n) is 12.4. The fraction of sp³-hybridized carbons (Fsp3) is 0.143. The van der Waals surface area contributed by atoms with Gasteiger partial charge < -0.3 is 9.13 Å². The van der Waals surface area contributed by atoms with Crippen molar-refractivity contribution in [3.05, 3.63) is 60.2 Å². The van der Waals surface area contributed by atoms with E-state index in [0.29, 0.717) is 12.2 Å². The average molecular weight is 432 g/mol. The fourth-order valence-corrected chi connectivity index (χ4v) is 2.84. The lowest BCUT2D eigenvalue weighted by atomic mass is 10.3. The van der Waals surface area contributed by atoms with E-state index in [4.69, 9.17) is 11.6 Å². The normalized spacial score (nSPS) is 10.9. The lowest BCUT2D eigenvalue weighted by Gasteiger charge is -2.09. The first-order chi connectivity index (χ1) is 10.9. The Balaban J connectivity index is 0.00000156. The van der Waals surface area contributed by atoms with Gasteiger partial charge in [0.25, 0.3) is 0 Å². The summed E-state index contributed by atoms with van der Waals surface area (Å²) in [6.07, 6.45) is 8.56. The molecule has 0 aliphatic carbocycles. The average Bonchev–Trinajstić information content (AvgIpc) is 3.12. The van der Waals surface area contributed by atoms with E-state index >= 15 is 0 Å². The maximum Gasteiger partial charge on any atom is 0.446 e. The standard InChI is InChI=1S/C14H10ClF3N4S.2ClH/c15-12-5-11(1-2-13(12)23-14(16,17)18)22-7-10(20-9-22)6-21-4-3-19-8-21;;/h1-5,7-9H,6H2;2*1H. The number of alkyl halides is 3. The van der Waals surface area contributed by atoms with Gasteiger partial charge in [0.2, 0.25) is 0 Å². The molecule has 2 aromatic heterocycles. The van der Waals surface area contributed by atoms with Crippen molar-refractivity contribution in [1.82, 2.24) is 19.1 Å². The Morgan fingerprint density at radius 2 is 1.92 bits per heavy atom. The minimum atomic E-state index is -4.36. The molecule has 4 nitrogen and oxygen atoms in total. The fourth-order valence-electron chi connectivity index (χ4n) is 2.01. The summed E-state index contributed by atoms with van der Waals surface area (Å²) in [5.41, 5.74) is -2.92. The molecule has 0 spiro atoms. The van der Waals surface area contributed by atoms with Crippen LogP contribution in [0.1, 0.15) is 5.69 Å². The molecule has 0 fully saturated rings. The molecule has 3 aromatic rings. The molecule has 0 amide bonds. The molecule has 0 aliphatic heterocycles. The van der Waals surface area contributed by atoms with Crippen LogP contribution in [0, 0.1) is 0 Å². The lowest BCUT2D eigenvalue weighted by molar-refractivity contribution is -0.0328. The molecular weight excluding hydrogens is 420 g/mol. The van der Waals surface area contributed by atoms with E-state index in [1.54, 1.807) is 35.7 Å². The number of imidazole rings is 2. The van der Waals surface area contributed by atoms with Crippen molar-refractivity contribution in [2.45, 2.75) is 16.9 Å². The minimum absolute atomic E-state index is 0. The van der Waals surface area contributed by atoms with Crippen LogP contribution in [0.5, 0.6) is 0 Å². The first kappa shape index (κ1) is 21.7. The van der Waals surface area contributed by atoms with Gasteiger partial charge in [-0.2, -0.15) is 13.2 Å². The monoisotopic (exact) mass is 430 g/mol. The summed E-state index contributed by atoms with van der Waals surface area (Å²) >= 11 is 5.71. The van der Waals surface area contributed by atoms with Crippen LogP contribution >= 0.6 is 48.2 Å². The quantitative estimate of drug-likeness (QED) is 0.531. The maximum absolute atomic E-state index is 12.4. The smallest absolute Gasteiger partial charge is 0.331 e. The number of hydrogen-bond donors (Lipinski definition) is 0. The summed E-state index contributed by atoms with van der Waals surface area (Å²) in [5, 5.41) is 0.0506. The molecule has 136 valence electrons. The predicted molar refractivity (Wildman–Crippen MR) is 96.3 cm³/mol. The molecule has 0 atom stereocenters. The van der Waals surface area contributed by atoms with Gasteiger partial charge in [0.1, 0.15) is 0 Å². The summed E-state index contributed by atoms with van der Waals surface area (Å²) < 4.78 is 40.8. The Morgan fingerprint density at radius 3 is 2.52 bits per heavy atom. The second-order valence-corrected chi connectivity index (χ2v) is 6.18. The van der Waals surface area contributed by atoms with E-state index in [1.807, 2.05) is 10.8 Å². The number of thioether (sulfide) groups is 1. The van der Waals surface area contributed by atoms with Crippen LogP contribution in [-0.4, -0.2) is 24.6 Å². The maximum atomic E-state index is 12.4. The molecule has 11 heteroatoms. The predicted octanol–water partition coefficient (Wildman–Crippen LogP) is 5.23. The lowest BCUT2D eigenvalue weighted by Crippen LogP contribution is -2.00. The van der Waals surface area contributed by atoms with Crippen LogP contribution < -0.4 is 0 Å². The second kappa shape index (κ2) is 8.84. The van der Waals surface area contributed by atoms with E-state index in [1.165, 1.54) is 12.1 Å². The molecule has 1 aromatic carbocycles. The molecule has 0 bridgehead atoms. The number of hydrogen-bond acceptors (Lipinski definition) is 3. The number of nitrogens with zero attached hydrogens (tertiary/aromatic N) is 4. The molecule has 0 unspecified atom stereocenters. The van der Waals surface area contributed by atoms with Crippen molar-refractivity contribution < 1.29 is 13.2 Å². The number of benzene rings is 1. The first-order valence-electron chi connectivity index (χ1n) is 6.45. The van der Waals surface area contributed by atoms with E-state index in [9.17, 15) is 13.2 Å². The highest BCUT2D eigenvalue weighted by atomic mass is 35.5. The topological polar surface area (TPSA) is 35.6 Å². The van der Waals surface area contributed by atoms with E-state index in [0.717, 1.165) is 5.69 Å². The van der Waals surface area contributed by atoms with Crippen LogP contribution in [0.15, 0.2) is 54.3 Å². The summed E-state index contributed by atoms with van der Waals surface area (Å²) in [6.45, 7) is 0.558. The van der Waals surface area contributed by atoms with Crippen LogP contribution in [0.4, 0.5) is 13.2 Å². The molecule has 0 saturated carbocycles. The Morgan fingerprint density at radius 1 is 1.16 bits per heavy atom. The van der Waals surface area contributed by atoms with Crippen molar-refractivity contribution in [2.24, 2.45) is 0 Å². The van der Waals surface area contributed by atoms with Gasteiger partial charge in [-0.05, 0) is 30.0 Å². The van der Waals surface area contributed by atoms with E-state index in [2.05, 4.69) is 9.97 Å². The first-order valence-corrected chi connectivity index (χ1v) is 7.64. The molecule has 0 N–H and O–H groups in total. The van der Waals surface area contributed by atoms with Crippen molar-refractivity contribution >= 4 is 48.2 Å². The molecule has 25 heavy (non-hydrogen) atoms. The number of aromatic nitrogens is 4. The Hall–Kier alpha value is -1.35. The zero-order chi connectivity index (χ0) is 16.4. The number of rotatable bonds is 4. The Labute approximate surface area is 163 Å². The second-order valence-electron chi connectivity index (χ2n) is 4.67. The van der Waals surface area contributed by atoms with Gasteiger partial charge in [-0.1, -0.05) is 11.6 Å². The molecule has 3 rings (SSSR count). The summed E-state index contributed by atoms with van der Waals surface area (Å²) in [7, 11) is 0. The van der Waals surface area contributed by atoms with E-state index in [-0.39, 0.29) is 46.5 Å². The molecular formula is C14H12Cl3F3N4S. The highest BCUT2D eigenvalue weighted by Crippen LogP contribution is 2.40. The van der Waals surface area contributed by atoms with Crippen molar-refractivity contribution in [3.63, 3.8) is 0 Å². The molecule has 0 aliphatic rings. The van der Waals surface area contributed by atoms with Crippen molar-refractivity contribution in [1.29, 1.82) is 0 Å². The largest absolute Gasteiger partial charge is 0.446 e. The molecule has 0 saturated heterocycles. The van der Waals surface area contributed by atoms with Crippen LogP contribution in [0.2, 0.25) is 5.02 Å². The zero-order valence-corrected chi connectivity index (χ0v) is 15.6. The third-order valence-corrected chi connectivity index (χ3v) is 4.21. The third-order valence-electron chi connectivity index (χ3n) is 2.98. The van der Waals surface area contributed by atoms with Gasteiger partial charge in [0.05, 0.1) is 29.9 Å². The molecule has 2 heterocycles. The van der Waals surface area contributed by atoms with Crippen molar-refractivity contribution in [3.8, 4) is 5.69 Å². The van der Waals surface area contributed by atoms with Crippen LogP contribution in [0.25, 0.3) is 5.69 Å². The number of halogens is 6. The summed E-state index contributed by atoms with van der Waals surface area (Å²) in [4.78, 5) is 8.19. The third kappa shape index (κ3) is 5.85. The van der Waals surface area contributed by atoms with Gasteiger partial charge in [-0.3, -0.25) is 0 Å². The summed E-state index contributed by atoms with van der Waals surface area (Å²) in [5.74, 6) is 0. The van der Waals surface area contributed by atoms with Crippen LogP contribution in [0.3, 0.4) is 0 Å². The van der Waals surface area contributed by atoms with Crippen LogP contribution in [-0.2, 0) is 6.54 Å². The highest BCUT2D eigenvalue weighted by molar-refractivity contribution is 8.00. The van der Waals surface area contributed by atoms with Gasteiger partial charge in [-0.15, -0.1) is 24.8 Å². The van der Waals surface area contributed by atoms with Gasteiger partial charge in [0.15, 0.2) is 0 Å². The SMILES string of the molecule is Cl.Cl.FC(F)(F)Sc1ccc(-n2cnc(Cn3ccnc3)c2)cc1Cl. The Bertz CT molecular complexity index is 806. The van der Waals surface area contributed by atoms with Crippen molar-refractivity contribution in [2.75, 3.05) is 0 Å². The van der Waals surface area contributed by atoms with Gasteiger partial charge in [0, 0.05) is 29.2 Å². The molecule has 0 radical (unpaired) electrons. The highest BCUT2D eigenvalue weighted by Gasteiger charge is 2.30.